The predicted octanol–water partition coefficient (Wildman–Crippen LogP) is 4.86. The topological polar surface area (TPSA) is 101 Å². The maximum atomic E-state index is 9.93. The minimum atomic E-state index is 0.498. The number of aromatic nitrogens is 1. The van der Waals surface area contributed by atoms with Crippen LogP contribution in [0.25, 0.3) is 17.7 Å². The van der Waals surface area contributed by atoms with Crippen LogP contribution in [0.5, 0.6) is 0 Å². The Balaban J connectivity index is 2.01. The molecule has 1 fully saturated rings. The van der Waals surface area contributed by atoms with E-state index in [0.29, 0.717) is 17.5 Å². The van der Waals surface area contributed by atoms with E-state index in [1.807, 2.05) is 24.4 Å². The van der Waals surface area contributed by atoms with E-state index in [2.05, 4.69) is 48.9 Å². The van der Waals surface area contributed by atoms with Gasteiger partial charge in [0, 0.05) is 40.3 Å². The van der Waals surface area contributed by atoms with Gasteiger partial charge in [0.1, 0.15) is 0 Å². The van der Waals surface area contributed by atoms with Gasteiger partial charge in [-0.2, -0.15) is 5.26 Å². The van der Waals surface area contributed by atoms with Crippen LogP contribution in [0, 0.1) is 22.7 Å². The summed E-state index contributed by atoms with van der Waals surface area (Å²) in [5, 5.41) is 22.9. The summed E-state index contributed by atoms with van der Waals surface area (Å²) in [5.41, 5.74) is 11.1. The summed E-state index contributed by atoms with van der Waals surface area (Å²) < 4.78 is 0. The maximum absolute atomic E-state index is 9.93. The minimum Gasteiger partial charge on any atom is -0.405 e. The Morgan fingerprint density at radius 1 is 1.29 bits per heavy atom. The Hall–Kier alpha value is -3.52. The molecule has 1 aliphatic rings. The fourth-order valence-corrected chi connectivity index (χ4v) is 4.81. The molecule has 3 rings (SSSR count). The van der Waals surface area contributed by atoms with Crippen LogP contribution in [0.15, 0.2) is 42.7 Å². The summed E-state index contributed by atoms with van der Waals surface area (Å²) in [5.74, 6) is 0.605. The Morgan fingerprint density at radius 2 is 2.03 bits per heavy atom. The number of benzene rings is 1. The Bertz CT molecular complexity index is 1210. The van der Waals surface area contributed by atoms with Crippen molar-refractivity contribution >= 4 is 23.9 Å². The van der Waals surface area contributed by atoms with E-state index in [-0.39, 0.29) is 0 Å². The lowest BCUT2D eigenvalue weighted by Crippen LogP contribution is -2.31. The second kappa shape index (κ2) is 12.8. The van der Waals surface area contributed by atoms with Crippen LogP contribution in [-0.4, -0.2) is 17.2 Å². The molecule has 2 aromatic rings. The number of hydrogen-bond donors (Lipinski definition) is 4. The first-order valence-corrected chi connectivity index (χ1v) is 12.9. The highest BCUT2D eigenvalue weighted by Crippen LogP contribution is 2.24. The summed E-state index contributed by atoms with van der Waals surface area (Å²) in [6.45, 7) is 8.66. The van der Waals surface area contributed by atoms with Crippen LogP contribution >= 0.6 is 0 Å². The lowest BCUT2D eigenvalue weighted by molar-refractivity contribution is 0.373. The van der Waals surface area contributed by atoms with Crippen LogP contribution in [-0.2, 0) is 6.42 Å². The Morgan fingerprint density at radius 3 is 2.60 bits per heavy atom. The zero-order valence-corrected chi connectivity index (χ0v) is 21.2. The molecule has 1 aromatic carbocycles. The molecular weight excluding hydrogens is 430 g/mol. The molecule has 0 saturated heterocycles. The second-order valence-electron chi connectivity index (χ2n) is 9.52. The third-order valence-electron chi connectivity index (χ3n) is 6.94. The lowest BCUT2D eigenvalue weighted by atomic mass is 9.88. The lowest BCUT2D eigenvalue weighted by Gasteiger charge is -2.25. The third-order valence-corrected chi connectivity index (χ3v) is 6.94. The van der Waals surface area contributed by atoms with Gasteiger partial charge >= 0.3 is 0 Å². The zero-order chi connectivity index (χ0) is 25.2. The smallest absolute Gasteiger partial charge is 0.0994 e. The van der Waals surface area contributed by atoms with Gasteiger partial charge in [0.15, 0.2) is 0 Å². The molecular formula is C30H39N5. The molecule has 0 bridgehead atoms. The van der Waals surface area contributed by atoms with E-state index in [1.54, 1.807) is 0 Å². The number of nitrogens with zero attached hydrogens (tertiary/aromatic N) is 1. The van der Waals surface area contributed by atoms with Crippen molar-refractivity contribution in [3.63, 3.8) is 0 Å². The quantitative estimate of drug-likeness (QED) is 0.334. The van der Waals surface area contributed by atoms with Gasteiger partial charge < -0.3 is 21.4 Å². The number of nitrogens with one attached hydrogen (secondary N) is 3. The van der Waals surface area contributed by atoms with Crippen molar-refractivity contribution < 1.29 is 0 Å². The Kier molecular flexibility index (Phi) is 9.55. The van der Waals surface area contributed by atoms with Crippen molar-refractivity contribution in [2.75, 3.05) is 0 Å². The first kappa shape index (κ1) is 26.1. The normalized spacial score (nSPS) is 15.2. The largest absolute Gasteiger partial charge is 0.405 e. The maximum Gasteiger partial charge on any atom is 0.0994 e. The van der Waals surface area contributed by atoms with Crippen molar-refractivity contribution in [3.05, 3.63) is 75.7 Å². The van der Waals surface area contributed by atoms with Gasteiger partial charge in [0.2, 0.25) is 0 Å². The molecule has 1 aliphatic carbocycles. The number of hydrogen-bond acceptors (Lipinski definition) is 4. The minimum absolute atomic E-state index is 0.498. The van der Waals surface area contributed by atoms with E-state index >= 15 is 0 Å². The van der Waals surface area contributed by atoms with Gasteiger partial charge in [0.25, 0.3) is 0 Å². The second-order valence-corrected chi connectivity index (χ2v) is 9.52. The molecule has 0 spiro atoms. The molecule has 0 radical (unpaired) electrons. The summed E-state index contributed by atoms with van der Waals surface area (Å²) in [7, 11) is 0. The molecule has 1 heterocycles. The molecule has 0 atom stereocenters. The highest BCUT2D eigenvalue weighted by atomic mass is 14.9. The Labute approximate surface area is 209 Å². The third kappa shape index (κ3) is 6.54. The molecule has 1 aromatic heterocycles. The molecule has 1 saturated carbocycles. The SMILES string of the molecule is C=c1[nH]c(/C(C=N)=C/NC2CCC2)c/c1=C(/C=C\N)c1ccc(CC(CCC)CCC)c(C#N)c1. The van der Waals surface area contributed by atoms with E-state index in [9.17, 15) is 5.26 Å². The molecule has 5 heteroatoms. The fourth-order valence-electron chi connectivity index (χ4n) is 4.81. The van der Waals surface area contributed by atoms with Crippen LogP contribution in [0.2, 0.25) is 0 Å². The van der Waals surface area contributed by atoms with E-state index < -0.39 is 0 Å². The number of nitrogens with two attached hydrogens (primary N) is 1. The number of H-pyrrole nitrogens is 1. The average molecular weight is 470 g/mol. The molecule has 0 aliphatic heterocycles. The monoisotopic (exact) mass is 469 g/mol. The highest BCUT2D eigenvalue weighted by Gasteiger charge is 2.16. The summed E-state index contributed by atoms with van der Waals surface area (Å²) in [4.78, 5) is 3.33. The first-order chi connectivity index (χ1) is 17.0. The molecule has 0 unspecified atom stereocenters. The summed E-state index contributed by atoms with van der Waals surface area (Å²) in [6, 6.07) is 11.1. The van der Waals surface area contributed by atoms with Gasteiger partial charge in [0.05, 0.1) is 11.6 Å². The number of nitriles is 1. The van der Waals surface area contributed by atoms with E-state index in [1.165, 1.54) is 44.5 Å². The van der Waals surface area contributed by atoms with Crippen molar-refractivity contribution in [3.8, 4) is 6.07 Å². The van der Waals surface area contributed by atoms with Gasteiger partial charge in [-0.05, 0) is 72.7 Å². The zero-order valence-electron chi connectivity index (χ0n) is 21.2. The van der Waals surface area contributed by atoms with Crippen LogP contribution in [0.1, 0.15) is 81.2 Å². The van der Waals surface area contributed by atoms with Crippen LogP contribution < -0.4 is 21.6 Å². The summed E-state index contributed by atoms with van der Waals surface area (Å²) in [6.07, 6.45) is 15.9. The van der Waals surface area contributed by atoms with Crippen LogP contribution in [0.4, 0.5) is 0 Å². The average Bonchev–Trinajstić information content (AvgIpc) is 3.20. The van der Waals surface area contributed by atoms with Crippen molar-refractivity contribution in [2.24, 2.45) is 11.7 Å². The molecule has 5 nitrogen and oxygen atoms in total. The first-order valence-electron chi connectivity index (χ1n) is 12.9. The standard InChI is InChI=1S/C30H39N5/c1-4-7-22(8-5-2)15-23-11-12-24(16-25(23)18-32)28(13-14-31)29-17-30(35-21(29)3)26(19-33)20-34-27-9-6-10-27/h11-14,16-17,19-20,22,27,33-35H,3-10,15,31H2,1-2H3/b14-13-,26-20+,29-28+,33-19?. The highest BCUT2D eigenvalue weighted by molar-refractivity contribution is 6.07. The fraction of sp³-hybridized carbons (Fsp3) is 0.400. The molecule has 0 amide bonds. The molecule has 5 N–H and O–H groups in total. The van der Waals surface area contributed by atoms with Gasteiger partial charge in [-0.3, -0.25) is 0 Å². The van der Waals surface area contributed by atoms with E-state index in [4.69, 9.17) is 11.1 Å². The van der Waals surface area contributed by atoms with Gasteiger partial charge in [-0.15, -0.1) is 0 Å². The number of aromatic amines is 1. The predicted molar refractivity (Wildman–Crippen MR) is 147 cm³/mol. The number of rotatable bonds is 12. The van der Waals surface area contributed by atoms with E-state index in [0.717, 1.165) is 57.8 Å². The summed E-state index contributed by atoms with van der Waals surface area (Å²) >= 11 is 0. The van der Waals surface area contributed by atoms with Gasteiger partial charge in [-0.25, -0.2) is 0 Å². The number of allylic oxidation sites excluding steroid dienone is 2. The van der Waals surface area contributed by atoms with Crippen molar-refractivity contribution in [2.45, 2.75) is 71.3 Å². The van der Waals surface area contributed by atoms with Crippen LogP contribution in [0.3, 0.4) is 0 Å². The van der Waals surface area contributed by atoms with Crippen molar-refractivity contribution in [1.82, 2.24) is 10.3 Å². The van der Waals surface area contributed by atoms with Crippen molar-refractivity contribution in [1.29, 1.82) is 10.7 Å². The molecule has 184 valence electrons. The van der Waals surface area contributed by atoms with Gasteiger partial charge in [-0.1, -0.05) is 58.2 Å². The molecule has 35 heavy (non-hydrogen) atoms.